The standard InChI is InChI=1S/C45H30INO2/c48-44-39-25-31-12-4-5-13-32(31)26-40(39)45(49)41(44)23-29-18-19-35-24-37(21-20-34(35)22-29)47(43-27-33-14-6-7-15-36(33)28-46-43)42-17-9-8-16-38(42)30-10-2-1-3-11-30/h1-28,38,42H. The van der Waals surface area contributed by atoms with Crippen LogP contribution in [0, 0.1) is 0 Å². The first-order valence-corrected chi connectivity index (χ1v) is 18.8. The van der Waals surface area contributed by atoms with Crippen LogP contribution in [0.25, 0.3) is 33.7 Å². The molecule has 2 aliphatic carbocycles. The molecule has 1 aliphatic heterocycles. The average molecular weight is 744 g/mol. The average Bonchev–Trinajstić information content (AvgIpc) is 3.38. The summed E-state index contributed by atoms with van der Waals surface area (Å²) in [5.41, 5.74) is 7.04. The third-order valence-corrected chi connectivity index (χ3v) is 12.1. The van der Waals surface area contributed by atoms with E-state index in [4.69, 9.17) is 0 Å². The van der Waals surface area contributed by atoms with E-state index in [0.29, 0.717) is 11.1 Å². The molecule has 0 fully saturated rings. The van der Waals surface area contributed by atoms with Crippen molar-refractivity contribution in [3.05, 3.63) is 194 Å². The summed E-state index contributed by atoms with van der Waals surface area (Å²) in [4.78, 5) is 29.4. The van der Waals surface area contributed by atoms with Crippen LogP contribution in [0.5, 0.6) is 0 Å². The number of ketones is 2. The van der Waals surface area contributed by atoms with Gasteiger partial charge in [0.2, 0.25) is 0 Å². The summed E-state index contributed by atoms with van der Waals surface area (Å²) in [5.74, 6) is -0.218. The van der Waals surface area contributed by atoms with Gasteiger partial charge in [0.1, 0.15) is 0 Å². The Balaban J connectivity index is 1.10. The molecular weight excluding hydrogens is 713 g/mol. The normalized spacial score (nSPS) is 17.9. The molecule has 2 unspecified atom stereocenters. The molecular formula is C45H30INO2. The molecule has 6 aromatic rings. The van der Waals surface area contributed by atoms with Crippen molar-refractivity contribution in [3.63, 3.8) is 0 Å². The van der Waals surface area contributed by atoms with Gasteiger partial charge in [-0.3, -0.25) is 9.59 Å². The fraction of sp³-hybridized carbons (Fsp3) is 0.0444. The molecule has 4 heteroatoms. The van der Waals surface area contributed by atoms with Crippen LogP contribution < -0.4 is 4.90 Å². The molecule has 3 nitrogen and oxygen atoms in total. The lowest BCUT2D eigenvalue weighted by molar-refractivity contribution is 0.0990. The highest BCUT2D eigenvalue weighted by atomic mass is 127. The van der Waals surface area contributed by atoms with E-state index in [0.717, 1.165) is 32.8 Å². The van der Waals surface area contributed by atoms with Gasteiger partial charge >= 0.3 is 0 Å². The molecule has 0 aromatic heterocycles. The molecule has 234 valence electrons. The van der Waals surface area contributed by atoms with Gasteiger partial charge in [0.25, 0.3) is 0 Å². The van der Waals surface area contributed by atoms with Gasteiger partial charge in [-0.25, -0.2) is 0 Å². The second kappa shape index (κ2) is 12.2. The molecule has 3 aliphatic rings. The minimum Gasteiger partial charge on any atom is -0.329 e. The quantitative estimate of drug-likeness (QED) is 0.0764. The van der Waals surface area contributed by atoms with E-state index in [1.807, 2.05) is 42.5 Å². The van der Waals surface area contributed by atoms with Crippen molar-refractivity contribution in [2.75, 3.05) is 4.90 Å². The van der Waals surface area contributed by atoms with Crippen LogP contribution in [0.15, 0.2) is 161 Å². The second-order valence-corrected chi connectivity index (χ2v) is 15.0. The third-order valence-electron chi connectivity index (χ3n) is 9.67. The fourth-order valence-corrected chi connectivity index (χ4v) is 9.84. The van der Waals surface area contributed by atoms with Gasteiger partial charge in [-0.2, -0.15) is 0 Å². The molecule has 6 aromatic carbocycles. The summed E-state index contributed by atoms with van der Waals surface area (Å²) in [5, 5.41) is 4.08. The second-order valence-electron chi connectivity index (χ2n) is 12.6. The van der Waals surface area contributed by atoms with Gasteiger partial charge in [-0.05, 0) is 90.3 Å². The minimum absolute atomic E-state index is 0.108. The number of rotatable bonds is 5. The van der Waals surface area contributed by atoms with Crippen molar-refractivity contribution in [1.82, 2.24) is 0 Å². The van der Waals surface area contributed by atoms with E-state index in [1.54, 1.807) is 6.08 Å². The number of anilines is 1. The lowest BCUT2D eigenvalue weighted by Crippen LogP contribution is -2.37. The molecule has 0 saturated heterocycles. The Morgan fingerprint density at radius 1 is 0.592 bits per heavy atom. The van der Waals surface area contributed by atoms with E-state index < -0.39 is 0 Å². The van der Waals surface area contributed by atoms with Gasteiger partial charge < -0.3 is 4.90 Å². The summed E-state index contributed by atoms with van der Waals surface area (Å²) in [6, 6.07) is 43.9. The summed E-state index contributed by atoms with van der Waals surface area (Å²) < 4.78 is 3.79. The molecule has 0 spiro atoms. The highest BCUT2D eigenvalue weighted by molar-refractivity contribution is 14.2. The minimum atomic E-state index is -0.388. The van der Waals surface area contributed by atoms with Crippen LogP contribution in [-0.4, -0.2) is 21.6 Å². The number of Topliss-reactive ketones (excluding diaryl/α,β-unsaturated/α-hetero) is 2. The van der Waals surface area contributed by atoms with Gasteiger partial charge in [0.05, 0.1) is 15.3 Å². The maximum Gasteiger partial charge on any atom is 0.197 e. The van der Waals surface area contributed by atoms with E-state index in [9.17, 15) is 9.59 Å². The summed E-state index contributed by atoms with van der Waals surface area (Å²) in [6.07, 6.45) is 13.1. The first kappa shape index (κ1) is 29.7. The fourth-order valence-electron chi connectivity index (χ4n) is 7.20. The summed E-state index contributed by atoms with van der Waals surface area (Å²) in [7, 11) is 0. The van der Waals surface area contributed by atoms with Crippen molar-refractivity contribution in [3.8, 4) is 0 Å². The zero-order valence-corrected chi connectivity index (χ0v) is 28.6. The van der Waals surface area contributed by atoms with E-state index in [1.165, 1.54) is 20.4 Å². The summed E-state index contributed by atoms with van der Waals surface area (Å²) >= 11 is -0.388. The van der Waals surface area contributed by atoms with Crippen LogP contribution in [-0.2, 0) is 0 Å². The number of carbonyl (C=O) groups is 2. The topological polar surface area (TPSA) is 37.4 Å². The van der Waals surface area contributed by atoms with Crippen molar-refractivity contribution in [2.24, 2.45) is 0 Å². The van der Waals surface area contributed by atoms with Gasteiger partial charge in [-0.15, -0.1) is 0 Å². The molecule has 0 radical (unpaired) electrons. The van der Waals surface area contributed by atoms with Crippen LogP contribution >= 0.6 is 20.7 Å². The first-order valence-electron chi connectivity index (χ1n) is 16.4. The Bertz CT molecular complexity index is 2440. The highest BCUT2D eigenvalue weighted by Crippen LogP contribution is 2.41. The number of carbonyl (C=O) groups excluding carboxylic acids is 2. The predicted molar refractivity (Wildman–Crippen MR) is 212 cm³/mol. The van der Waals surface area contributed by atoms with Crippen LogP contribution in [0.4, 0.5) is 5.69 Å². The van der Waals surface area contributed by atoms with Crippen LogP contribution in [0.1, 0.15) is 48.9 Å². The smallest absolute Gasteiger partial charge is 0.197 e. The number of halogens is 1. The lowest BCUT2D eigenvalue weighted by atomic mass is 9.87. The number of nitrogens with zero attached hydrogens (tertiary/aromatic N) is 1. The van der Waals surface area contributed by atoms with Crippen molar-refractivity contribution < 1.29 is 9.59 Å². The number of hydrogen-bond acceptors (Lipinski definition) is 3. The maximum absolute atomic E-state index is 13.4. The van der Waals surface area contributed by atoms with E-state index in [-0.39, 0.29) is 49.8 Å². The number of benzene rings is 6. The van der Waals surface area contributed by atoms with Crippen LogP contribution in [0.3, 0.4) is 0 Å². The Labute approximate surface area is 295 Å². The monoisotopic (exact) mass is 743 g/mol. The zero-order valence-electron chi connectivity index (χ0n) is 26.5. The van der Waals surface area contributed by atoms with Gasteiger partial charge in [0.15, 0.2) is 11.6 Å². The molecule has 49 heavy (non-hydrogen) atoms. The summed E-state index contributed by atoms with van der Waals surface area (Å²) in [6.45, 7) is 0. The predicted octanol–water partition coefficient (Wildman–Crippen LogP) is 10.7. The molecule has 1 heterocycles. The Morgan fingerprint density at radius 3 is 2.00 bits per heavy atom. The first-order chi connectivity index (χ1) is 24.1. The molecule has 0 bridgehead atoms. The largest absolute Gasteiger partial charge is 0.329 e. The molecule has 0 N–H and O–H groups in total. The van der Waals surface area contributed by atoms with Crippen molar-refractivity contribution in [2.45, 2.75) is 12.0 Å². The van der Waals surface area contributed by atoms with Crippen LogP contribution in [0.2, 0.25) is 0 Å². The maximum atomic E-state index is 13.4. The number of hydrogen-bond donors (Lipinski definition) is 0. The molecule has 9 rings (SSSR count). The van der Waals surface area contributed by atoms with E-state index >= 15 is 0 Å². The Hall–Kier alpha value is -5.46. The van der Waals surface area contributed by atoms with Crippen molar-refractivity contribution in [1.29, 1.82) is 0 Å². The third kappa shape index (κ3) is 5.33. The van der Waals surface area contributed by atoms with E-state index in [2.05, 4.69) is 124 Å². The lowest BCUT2D eigenvalue weighted by Gasteiger charge is -2.38. The molecule has 0 amide bonds. The Morgan fingerprint density at radius 2 is 1.22 bits per heavy atom. The molecule has 0 saturated carbocycles. The SMILES string of the molecule is O=C1C(=Cc2ccc3cc(N(C4=Cc5ccccc5C=I4)C4C=CC=CC4c4ccccc4)ccc3c2)C(=O)c2cc3ccccc3cc21. The Kier molecular flexibility index (Phi) is 7.39. The molecule has 2 atom stereocenters. The number of allylic oxidation sites excluding steroid dienone is 3. The number of fused-ring (bicyclic) bond motifs is 4. The highest BCUT2D eigenvalue weighted by Gasteiger charge is 2.34. The zero-order chi connectivity index (χ0) is 32.9. The van der Waals surface area contributed by atoms with Gasteiger partial charge in [-0.1, -0.05) is 142 Å². The van der Waals surface area contributed by atoms with Gasteiger partial charge in [0, 0.05) is 22.7 Å². The van der Waals surface area contributed by atoms with Crippen molar-refractivity contribution >= 4 is 75.7 Å².